The molecule has 0 radical (unpaired) electrons. The average molecular weight is 396 g/mol. The highest BCUT2D eigenvalue weighted by Crippen LogP contribution is 2.36. The summed E-state index contributed by atoms with van der Waals surface area (Å²) in [6.45, 7) is 7.24. The molecule has 3 aromatic rings. The molecule has 0 unspecified atom stereocenters. The third-order valence-electron chi connectivity index (χ3n) is 5.29. The van der Waals surface area contributed by atoms with Crippen LogP contribution in [0.1, 0.15) is 16.7 Å². The predicted molar refractivity (Wildman–Crippen MR) is 115 cm³/mol. The van der Waals surface area contributed by atoms with Crippen molar-refractivity contribution in [2.45, 2.75) is 20.3 Å². The Morgan fingerprint density at radius 3 is 2.46 bits per heavy atom. The van der Waals surface area contributed by atoms with Crippen LogP contribution in [0.4, 0.5) is 5.13 Å². The van der Waals surface area contributed by atoms with Crippen molar-refractivity contribution in [2.75, 3.05) is 38.2 Å². The second-order valence-corrected chi connectivity index (χ2v) is 8.27. The summed E-state index contributed by atoms with van der Waals surface area (Å²) in [7, 11) is 1.68. The Morgan fingerprint density at radius 1 is 1.07 bits per heavy atom. The Bertz CT molecular complexity index is 989. The van der Waals surface area contributed by atoms with E-state index in [1.54, 1.807) is 18.4 Å². The molecule has 5 nitrogen and oxygen atoms in total. The number of thiazole rings is 1. The van der Waals surface area contributed by atoms with E-state index in [1.165, 1.54) is 15.8 Å². The van der Waals surface area contributed by atoms with Crippen molar-refractivity contribution >= 4 is 32.6 Å². The van der Waals surface area contributed by atoms with E-state index in [0.29, 0.717) is 6.42 Å². The molecule has 1 fully saturated rings. The normalized spacial score (nSPS) is 14.5. The highest BCUT2D eigenvalue weighted by atomic mass is 32.1. The Kier molecular flexibility index (Phi) is 5.22. The smallest absolute Gasteiger partial charge is 0.227 e. The van der Waals surface area contributed by atoms with E-state index < -0.39 is 0 Å². The SMILES string of the molecule is COc1ccc(C)c2sc(N3CCN(C(=O)Cc4ccc(C)cc4)CC3)nc12. The van der Waals surface area contributed by atoms with Gasteiger partial charge in [-0.3, -0.25) is 4.79 Å². The molecule has 1 aromatic heterocycles. The fourth-order valence-corrected chi connectivity index (χ4v) is 4.64. The van der Waals surface area contributed by atoms with Crippen LogP contribution in [0.3, 0.4) is 0 Å². The number of ether oxygens (including phenoxy) is 1. The molecule has 0 spiro atoms. The first kappa shape index (κ1) is 18.7. The summed E-state index contributed by atoms with van der Waals surface area (Å²) in [6, 6.07) is 12.3. The number of carbonyl (C=O) groups is 1. The van der Waals surface area contributed by atoms with E-state index in [1.807, 2.05) is 23.1 Å². The fraction of sp³-hybridized carbons (Fsp3) is 0.364. The van der Waals surface area contributed by atoms with Crippen LogP contribution in [0.25, 0.3) is 10.2 Å². The largest absolute Gasteiger partial charge is 0.494 e. The third-order valence-corrected chi connectivity index (χ3v) is 6.54. The van der Waals surface area contributed by atoms with E-state index in [4.69, 9.17) is 9.72 Å². The molecule has 1 amide bonds. The van der Waals surface area contributed by atoms with Crippen molar-refractivity contribution in [1.82, 2.24) is 9.88 Å². The maximum Gasteiger partial charge on any atom is 0.227 e. The van der Waals surface area contributed by atoms with Crippen LogP contribution in [0.15, 0.2) is 36.4 Å². The van der Waals surface area contributed by atoms with Crippen LogP contribution in [-0.2, 0) is 11.2 Å². The average Bonchev–Trinajstić information content (AvgIpc) is 3.16. The number of carbonyl (C=O) groups excluding carboxylic acids is 1. The lowest BCUT2D eigenvalue weighted by Crippen LogP contribution is -2.49. The molecule has 0 saturated carbocycles. The van der Waals surface area contributed by atoms with Crippen LogP contribution in [-0.4, -0.2) is 49.1 Å². The van der Waals surface area contributed by atoms with Gasteiger partial charge in [0, 0.05) is 26.2 Å². The minimum absolute atomic E-state index is 0.199. The summed E-state index contributed by atoms with van der Waals surface area (Å²) in [4.78, 5) is 21.7. The van der Waals surface area contributed by atoms with Crippen molar-refractivity contribution in [1.29, 1.82) is 0 Å². The minimum atomic E-state index is 0.199. The lowest BCUT2D eigenvalue weighted by Gasteiger charge is -2.34. The van der Waals surface area contributed by atoms with Crippen molar-refractivity contribution in [3.63, 3.8) is 0 Å². The number of nitrogens with zero attached hydrogens (tertiary/aromatic N) is 3. The highest BCUT2D eigenvalue weighted by molar-refractivity contribution is 7.22. The van der Waals surface area contributed by atoms with Gasteiger partial charge in [-0.05, 0) is 31.0 Å². The molecule has 28 heavy (non-hydrogen) atoms. The van der Waals surface area contributed by atoms with Gasteiger partial charge >= 0.3 is 0 Å². The summed E-state index contributed by atoms with van der Waals surface area (Å²) in [6.07, 6.45) is 0.470. The molecule has 0 atom stereocenters. The maximum atomic E-state index is 12.6. The Hall–Kier alpha value is -2.60. The van der Waals surface area contributed by atoms with Crippen LogP contribution in [0.5, 0.6) is 5.75 Å². The standard InChI is InChI=1S/C22H25N3O2S/c1-15-4-7-17(8-5-15)14-19(26)24-10-12-25(13-11-24)22-23-20-18(27-3)9-6-16(2)21(20)28-22/h4-9H,10-14H2,1-3H3. The number of rotatable bonds is 4. The second kappa shape index (κ2) is 7.80. The monoisotopic (exact) mass is 395 g/mol. The number of aryl methyl sites for hydroxylation is 2. The van der Waals surface area contributed by atoms with Crippen molar-refractivity contribution in [3.05, 3.63) is 53.1 Å². The molecular weight excluding hydrogens is 370 g/mol. The van der Waals surface area contributed by atoms with Crippen molar-refractivity contribution in [3.8, 4) is 5.75 Å². The van der Waals surface area contributed by atoms with Crippen LogP contribution in [0, 0.1) is 13.8 Å². The molecule has 2 aromatic carbocycles. The molecule has 0 aliphatic carbocycles. The fourth-order valence-electron chi connectivity index (χ4n) is 3.54. The molecule has 6 heteroatoms. The maximum absolute atomic E-state index is 12.6. The number of amides is 1. The van der Waals surface area contributed by atoms with Gasteiger partial charge in [0.1, 0.15) is 11.3 Å². The number of anilines is 1. The predicted octanol–water partition coefficient (Wildman–Crippen LogP) is 3.81. The van der Waals surface area contributed by atoms with Gasteiger partial charge in [0.25, 0.3) is 0 Å². The van der Waals surface area contributed by atoms with Crippen LogP contribution in [0.2, 0.25) is 0 Å². The van der Waals surface area contributed by atoms with Crippen molar-refractivity contribution in [2.24, 2.45) is 0 Å². The third kappa shape index (κ3) is 3.69. The summed E-state index contributed by atoms with van der Waals surface area (Å²) in [5.74, 6) is 1.01. The van der Waals surface area contributed by atoms with Gasteiger partial charge in [-0.1, -0.05) is 47.2 Å². The van der Waals surface area contributed by atoms with E-state index in [0.717, 1.165) is 48.1 Å². The van der Waals surface area contributed by atoms with Gasteiger partial charge < -0.3 is 14.5 Å². The molecular formula is C22H25N3O2S. The number of aromatic nitrogens is 1. The van der Waals surface area contributed by atoms with Crippen LogP contribution < -0.4 is 9.64 Å². The summed E-state index contributed by atoms with van der Waals surface area (Å²) >= 11 is 1.70. The molecule has 1 saturated heterocycles. The minimum Gasteiger partial charge on any atom is -0.494 e. The van der Waals surface area contributed by atoms with E-state index in [9.17, 15) is 4.79 Å². The van der Waals surface area contributed by atoms with Gasteiger partial charge in [0.15, 0.2) is 5.13 Å². The Balaban J connectivity index is 1.42. The molecule has 4 rings (SSSR count). The van der Waals surface area contributed by atoms with Gasteiger partial charge in [-0.25, -0.2) is 4.98 Å². The molecule has 1 aliphatic heterocycles. The number of piperazine rings is 1. The zero-order valence-corrected chi connectivity index (χ0v) is 17.4. The second-order valence-electron chi connectivity index (χ2n) is 7.29. The van der Waals surface area contributed by atoms with Gasteiger partial charge in [-0.2, -0.15) is 0 Å². The Labute approximate surface area is 169 Å². The van der Waals surface area contributed by atoms with Gasteiger partial charge in [0.2, 0.25) is 5.91 Å². The zero-order chi connectivity index (χ0) is 19.7. The number of benzene rings is 2. The lowest BCUT2D eigenvalue weighted by molar-refractivity contribution is -0.130. The molecule has 0 N–H and O–H groups in total. The van der Waals surface area contributed by atoms with Gasteiger partial charge in [0.05, 0.1) is 18.2 Å². The number of fused-ring (bicyclic) bond motifs is 1. The topological polar surface area (TPSA) is 45.7 Å². The highest BCUT2D eigenvalue weighted by Gasteiger charge is 2.24. The first-order valence-corrected chi connectivity index (χ1v) is 10.4. The van der Waals surface area contributed by atoms with Gasteiger partial charge in [-0.15, -0.1) is 0 Å². The summed E-state index contributed by atoms with van der Waals surface area (Å²) in [5.41, 5.74) is 4.44. The number of methoxy groups -OCH3 is 1. The van der Waals surface area contributed by atoms with E-state index in [-0.39, 0.29) is 5.91 Å². The van der Waals surface area contributed by atoms with Crippen LogP contribution >= 0.6 is 11.3 Å². The quantitative estimate of drug-likeness (QED) is 0.674. The van der Waals surface area contributed by atoms with Crippen molar-refractivity contribution < 1.29 is 9.53 Å². The van der Waals surface area contributed by atoms with E-state index in [2.05, 4.69) is 36.9 Å². The summed E-state index contributed by atoms with van der Waals surface area (Å²) < 4.78 is 6.64. The molecule has 1 aliphatic rings. The zero-order valence-electron chi connectivity index (χ0n) is 16.6. The lowest BCUT2D eigenvalue weighted by atomic mass is 10.1. The molecule has 146 valence electrons. The molecule has 2 heterocycles. The van der Waals surface area contributed by atoms with E-state index >= 15 is 0 Å². The molecule has 0 bridgehead atoms. The number of hydrogen-bond acceptors (Lipinski definition) is 5. The summed E-state index contributed by atoms with van der Waals surface area (Å²) in [5, 5.41) is 1.01. The number of hydrogen-bond donors (Lipinski definition) is 0. The first-order chi connectivity index (χ1) is 13.5. The first-order valence-electron chi connectivity index (χ1n) is 9.57. The Morgan fingerprint density at radius 2 is 1.79 bits per heavy atom.